The zero-order chi connectivity index (χ0) is 15.5. The van der Waals surface area contributed by atoms with E-state index in [1.165, 1.54) is 10.4 Å². The van der Waals surface area contributed by atoms with Crippen LogP contribution in [0.15, 0.2) is 16.8 Å². The lowest BCUT2D eigenvalue weighted by Crippen LogP contribution is -2.29. The maximum Gasteiger partial charge on any atom is 0.239 e. The lowest BCUT2D eigenvalue weighted by atomic mass is 10.1. The third kappa shape index (κ3) is 3.22. The van der Waals surface area contributed by atoms with Gasteiger partial charge in [-0.3, -0.25) is 9.69 Å². The molecule has 2 aromatic rings. The largest absolute Gasteiger partial charge is 0.315 e. The molecule has 114 valence electrons. The number of rotatable bonds is 5. The van der Waals surface area contributed by atoms with Crippen LogP contribution in [0.25, 0.3) is 0 Å². The van der Waals surface area contributed by atoms with Crippen LogP contribution in [0.2, 0.25) is 0 Å². The molecule has 6 heteroatoms. The maximum absolute atomic E-state index is 12.2. The highest BCUT2D eigenvalue weighted by Crippen LogP contribution is 2.38. The average molecular weight is 331 g/mol. The van der Waals surface area contributed by atoms with Crippen molar-refractivity contribution in [2.45, 2.75) is 25.8 Å². The highest BCUT2D eigenvalue weighted by Gasteiger charge is 2.23. The summed E-state index contributed by atoms with van der Waals surface area (Å²) < 4.78 is 0. The van der Waals surface area contributed by atoms with Crippen molar-refractivity contribution in [2.75, 3.05) is 18.9 Å². The predicted octanol–water partition coefficient (Wildman–Crippen LogP) is 3.24. The zero-order valence-electron chi connectivity index (χ0n) is 12.4. The molecule has 0 bridgehead atoms. The molecular weight excluding hydrogens is 314 g/mol. The van der Waals surface area contributed by atoms with Gasteiger partial charge in [-0.25, -0.2) is 0 Å². The van der Waals surface area contributed by atoms with Crippen molar-refractivity contribution in [2.24, 2.45) is 0 Å². The number of carbonyl (C=O) groups is 1. The average Bonchev–Trinajstić information content (AvgIpc) is 3.15. The molecule has 0 saturated heterocycles. The van der Waals surface area contributed by atoms with E-state index in [0.29, 0.717) is 12.1 Å². The van der Waals surface area contributed by atoms with E-state index in [2.05, 4.69) is 22.8 Å². The standard InChI is InChI=1S/C16H17N3OS2/c1-19(8-11-5-6-21-10-11)9-15(20)18-16-13(7-17)12-3-2-4-14(12)22-16/h5-6,10H,2-4,8-9H2,1H3,(H,18,20). The van der Waals surface area contributed by atoms with Gasteiger partial charge in [-0.05, 0) is 54.3 Å². The molecule has 4 nitrogen and oxygen atoms in total. The Morgan fingerprint density at radius 1 is 1.50 bits per heavy atom. The summed E-state index contributed by atoms with van der Waals surface area (Å²) in [4.78, 5) is 15.4. The molecule has 22 heavy (non-hydrogen) atoms. The minimum Gasteiger partial charge on any atom is -0.315 e. The molecule has 0 saturated carbocycles. The van der Waals surface area contributed by atoms with E-state index in [4.69, 9.17) is 0 Å². The smallest absolute Gasteiger partial charge is 0.239 e. The first-order valence-electron chi connectivity index (χ1n) is 7.21. The second-order valence-corrected chi connectivity index (χ2v) is 7.41. The van der Waals surface area contributed by atoms with E-state index >= 15 is 0 Å². The van der Waals surface area contributed by atoms with Crippen molar-refractivity contribution >= 4 is 33.6 Å². The lowest BCUT2D eigenvalue weighted by molar-refractivity contribution is -0.117. The van der Waals surface area contributed by atoms with Gasteiger partial charge in [0.05, 0.1) is 12.1 Å². The summed E-state index contributed by atoms with van der Waals surface area (Å²) in [5, 5.41) is 17.1. The number of hydrogen-bond acceptors (Lipinski definition) is 5. The number of amides is 1. The van der Waals surface area contributed by atoms with Crippen molar-refractivity contribution in [3.63, 3.8) is 0 Å². The summed E-state index contributed by atoms with van der Waals surface area (Å²) in [5.41, 5.74) is 3.04. The lowest BCUT2D eigenvalue weighted by Gasteiger charge is -2.15. The first-order chi connectivity index (χ1) is 10.7. The van der Waals surface area contributed by atoms with Crippen molar-refractivity contribution < 1.29 is 4.79 Å². The Morgan fingerprint density at radius 2 is 2.36 bits per heavy atom. The van der Waals surface area contributed by atoms with E-state index in [0.717, 1.165) is 36.4 Å². The van der Waals surface area contributed by atoms with Gasteiger partial charge >= 0.3 is 0 Å². The molecule has 0 spiro atoms. The monoisotopic (exact) mass is 331 g/mol. The molecule has 1 aliphatic carbocycles. The molecule has 0 aliphatic heterocycles. The van der Waals surface area contributed by atoms with E-state index in [9.17, 15) is 10.1 Å². The third-order valence-corrected chi connectivity index (χ3v) is 5.67. The quantitative estimate of drug-likeness (QED) is 0.915. The van der Waals surface area contributed by atoms with Gasteiger partial charge in [0.15, 0.2) is 0 Å². The number of aryl methyl sites for hydroxylation is 1. The summed E-state index contributed by atoms with van der Waals surface area (Å²) in [6.07, 6.45) is 3.11. The van der Waals surface area contributed by atoms with Crippen molar-refractivity contribution in [1.29, 1.82) is 5.26 Å². The van der Waals surface area contributed by atoms with Crippen LogP contribution in [0.3, 0.4) is 0 Å². The number of fused-ring (bicyclic) bond motifs is 1. The highest BCUT2D eigenvalue weighted by atomic mass is 32.1. The predicted molar refractivity (Wildman–Crippen MR) is 90.3 cm³/mol. The molecule has 0 unspecified atom stereocenters. The fourth-order valence-corrected chi connectivity index (χ4v) is 4.69. The second-order valence-electron chi connectivity index (χ2n) is 5.53. The number of thiophene rings is 2. The van der Waals surface area contributed by atoms with Crippen LogP contribution in [0.1, 0.15) is 28.0 Å². The van der Waals surface area contributed by atoms with Gasteiger partial charge in [0.2, 0.25) is 5.91 Å². The summed E-state index contributed by atoms with van der Waals surface area (Å²) in [6, 6.07) is 4.32. The molecule has 0 radical (unpaired) electrons. The van der Waals surface area contributed by atoms with Crippen LogP contribution in [0, 0.1) is 11.3 Å². The van der Waals surface area contributed by atoms with Crippen molar-refractivity contribution in [1.82, 2.24) is 4.90 Å². The highest BCUT2D eigenvalue weighted by molar-refractivity contribution is 7.16. The SMILES string of the molecule is CN(CC(=O)Nc1sc2c(c1C#N)CCC2)Cc1ccsc1. The van der Waals surface area contributed by atoms with E-state index in [-0.39, 0.29) is 5.91 Å². The van der Waals surface area contributed by atoms with Gasteiger partial charge in [0, 0.05) is 11.4 Å². The number of carbonyl (C=O) groups excluding carboxylic acids is 1. The minimum absolute atomic E-state index is 0.0610. The molecule has 0 aromatic carbocycles. The summed E-state index contributed by atoms with van der Waals surface area (Å²) in [7, 11) is 1.93. The Kier molecular flexibility index (Phi) is 4.57. The molecule has 0 fully saturated rings. The number of anilines is 1. The van der Waals surface area contributed by atoms with Crippen LogP contribution >= 0.6 is 22.7 Å². The number of nitrogens with zero attached hydrogens (tertiary/aromatic N) is 2. The van der Waals surface area contributed by atoms with Crippen LogP contribution in [-0.2, 0) is 24.2 Å². The van der Waals surface area contributed by atoms with Crippen LogP contribution in [0.5, 0.6) is 0 Å². The molecule has 1 aliphatic rings. The van der Waals surface area contributed by atoms with Gasteiger partial charge in [-0.2, -0.15) is 16.6 Å². The topological polar surface area (TPSA) is 56.1 Å². The summed E-state index contributed by atoms with van der Waals surface area (Å²) in [5.74, 6) is -0.0610. The van der Waals surface area contributed by atoms with E-state index in [1.54, 1.807) is 22.7 Å². The van der Waals surface area contributed by atoms with Gasteiger partial charge in [-0.15, -0.1) is 11.3 Å². The maximum atomic E-state index is 12.2. The zero-order valence-corrected chi connectivity index (χ0v) is 14.0. The number of hydrogen-bond donors (Lipinski definition) is 1. The first kappa shape index (κ1) is 15.2. The molecular formula is C16H17N3OS2. The van der Waals surface area contributed by atoms with Gasteiger partial charge in [0.25, 0.3) is 0 Å². The molecule has 2 aromatic heterocycles. The van der Waals surface area contributed by atoms with Crippen molar-refractivity contribution in [3.8, 4) is 6.07 Å². The fraction of sp³-hybridized carbons (Fsp3) is 0.375. The van der Waals surface area contributed by atoms with Crippen molar-refractivity contribution in [3.05, 3.63) is 38.4 Å². The van der Waals surface area contributed by atoms with Gasteiger partial charge < -0.3 is 5.32 Å². The molecule has 1 N–H and O–H groups in total. The fourth-order valence-electron chi connectivity index (χ4n) is 2.77. The third-order valence-electron chi connectivity index (χ3n) is 3.73. The Labute approximate surface area is 138 Å². The van der Waals surface area contributed by atoms with E-state index < -0.39 is 0 Å². The number of nitrogens with one attached hydrogen (secondary N) is 1. The molecule has 2 heterocycles. The Morgan fingerprint density at radius 3 is 3.09 bits per heavy atom. The van der Waals surface area contributed by atoms with Crippen LogP contribution in [-0.4, -0.2) is 24.4 Å². The molecule has 1 amide bonds. The molecule has 0 atom stereocenters. The minimum atomic E-state index is -0.0610. The van der Waals surface area contributed by atoms with Crippen LogP contribution in [0.4, 0.5) is 5.00 Å². The Bertz CT molecular complexity index is 713. The Hall–Kier alpha value is -1.68. The van der Waals surface area contributed by atoms with E-state index in [1.807, 2.05) is 17.3 Å². The first-order valence-corrected chi connectivity index (χ1v) is 8.97. The number of nitriles is 1. The number of likely N-dealkylation sites (N-methyl/N-ethyl adjacent to an activating group) is 1. The Balaban J connectivity index is 1.61. The summed E-state index contributed by atoms with van der Waals surface area (Å²) in [6.45, 7) is 1.08. The van der Waals surface area contributed by atoms with Crippen LogP contribution < -0.4 is 5.32 Å². The normalized spacial score (nSPS) is 13.1. The summed E-state index contributed by atoms with van der Waals surface area (Å²) >= 11 is 3.22. The second kappa shape index (κ2) is 6.61. The van der Waals surface area contributed by atoms with Gasteiger partial charge in [-0.1, -0.05) is 0 Å². The molecule has 3 rings (SSSR count). The van der Waals surface area contributed by atoms with Gasteiger partial charge in [0.1, 0.15) is 11.1 Å².